The van der Waals surface area contributed by atoms with Gasteiger partial charge in [-0.15, -0.1) is 5.10 Å². The summed E-state index contributed by atoms with van der Waals surface area (Å²) < 4.78 is 7.76. The molecular weight excluding hydrogens is 286 g/mol. The van der Waals surface area contributed by atoms with E-state index in [1.54, 1.807) is 17.2 Å². The Balaban J connectivity index is 1.73. The van der Waals surface area contributed by atoms with Gasteiger partial charge >= 0.3 is 0 Å². The Labute approximate surface area is 123 Å². The van der Waals surface area contributed by atoms with E-state index in [-0.39, 0.29) is 0 Å². The molecule has 0 amide bonds. The Kier molecular flexibility index (Phi) is 2.79. The largest absolute Gasteiger partial charge is 0.300 e. The van der Waals surface area contributed by atoms with Crippen molar-refractivity contribution in [3.63, 3.8) is 0 Å². The number of rotatable bonds is 3. The molecule has 0 aliphatic carbocycles. The first-order valence-corrected chi connectivity index (χ1v) is 7.02. The second-order valence-electron chi connectivity index (χ2n) is 4.30. The summed E-state index contributed by atoms with van der Waals surface area (Å²) in [7, 11) is 0. The van der Waals surface area contributed by atoms with E-state index in [9.17, 15) is 0 Å². The fourth-order valence-corrected chi connectivity index (χ4v) is 2.60. The van der Waals surface area contributed by atoms with Crippen LogP contribution >= 0.6 is 11.5 Å². The minimum absolute atomic E-state index is 0.874. The first kappa shape index (κ1) is 11.9. The summed E-state index contributed by atoms with van der Waals surface area (Å²) >= 11 is 1.41. The number of hydrogen-bond acceptors (Lipinski definition) is 6. The van der Waals surface area contributed by atoms with Crippen LogP contribution in [0.1, 0.15) is 0 Å². The van der Waals surface area contributed by atoms with Crippen LogP contribution in [-0.2, 0) is 0 Å². The monoisotopic (exact) mass is 295 g/mol. The van der Waals surface area contributed by atoms with Crippen LogP contribution in [0.25, 0.3) is 22.8 Å². The van der Waals surface area contributed by atoms with E-state index < -0.39 is 0 Å². The van der Waals surface area contributed by atoms with Crippen LogP contribution in [0.5, 0.6) is 0 Å². The average molecular weight is 295 g/mol. The molecule has 0 N–H and O–H groups in total. The molecule has 0 unspecified atom stereocenters. The average Bonchev–Trinajstić information content (AvgIpc) is 3.27. The second-order valence-corrected chi connectivity index (χ2v) is 4.96. The van der Waals surface area contributed by atoms with E-state index in [1.165, 1.54) is 11.5 Å². The molecule has 3 heterocycles. The molecule has 0 atom stereocenters. The van der Waals surface area contributed by atoms with Gasteiger partial charge in [0.2, 0.25) is 0 Å². The molecule has 0 aliphatic heterocycles. The minimum atomic E-state index is 0.874. The van der Waals surface area contributed by atoms with Crippen LogP contribution < -0.4 is 0 Å². The molecule has 1 aromatic carbocycles. The topological polar surface area (TPSA) is 74.3 Å². The zero-order valence-electron chi connectivity index (χ0n) is 10.7. The number of aromatic nitrogens is 7. The number of nitrogens with zero attached hydrogens (tertiary/aromatic N) is 7. The Morgan fingerprint density at radius 2 is 1.90 bits per heavy atom. The molecule has 0 spiro atoms. The van der Waals surface area contributed by atoms with Gasteiger partial charge in [-0.1, -0.05) is 0 Å². The van der Waals surface area contributed by atoms with Gasteiger partial charge < -0.3 is 0 Å². The first-order chi connectivity index (χ1) is 10.4. The lowest BCUT2D eigenvalue weighted by molar-refractivity contribution is 0.789. The summed E-state index contributed by atoms with van der Waals surface area (Å²) in [6.07, 6.45) is 7.09. The molecule has 0 fully saturated rings. The van der Waals surface area contributed by atoms with Crippen LogP contribution in [-0.4, -0.2) is 34.1 Å². The highest BCUT2D eigenvalue weighted by molar-refractivity contribution is 7.03. The van der Waals surface area contributed by atoms with Crippen molar-refractivity contribution in [3.8, 4) is 22.8 Å². The molecule has 4 aromatic rings. The molecular formula is C13H9N7S. The maximum atomic E-state index is 4.40. The van der Waals surface area contributed by atoms with Gasteiger partial charge in [0.25, 0.3) is 0 Å². The van der Waals surface area contributed by atoms with Gasteiger partial charge in [-0.05, 0) is 46.2 Å². The van der Waals surface area contributed by atoms with Crippen LogP contribution in [0.3, 0.4) is 0 Å². The number of hydrogen-bond donors (Lipinski definition) is 0. The quantitative estimate of drug-likeness (QED) is 0.577. The van der Waals surface area contributed by atoms with Gasteiger partial charge in [-0.25, -0.2) is 14.0 Å². The highest BCUT2D eigenvalue weighted by Crippen LogP contribution is 2.22. The van der Waals surface area contributed by atoms with Crippen molar-refractivity contribution in [1.82, 2.24) is 34.1 Å². The third-order valence-electron chi connectivity index (χ3n) is 3.07. The molecule has 4 rings (SSSR count). The van der Waals surface area contributed by atoms with E-state index in [4.69, 9.17) is 0 Å². The number of imidazole rings is 1. The van der Waals surface area contributed by atoms with Crippen molar-refractivity contribution in [2.24, 2.45) is 0 Å². The molecule has 0 saturated carbocycles. The molecule has 21 heavy (non-hydrogen) atoms. The Hall–Kier alpha value is -2.87. The van der Waals surface area contributed by atoms with Gasteiger partial charge in [0.05, 0.1) is 11.9 Å². The summed E-state index contributed by atoms with van der Waals surface area (Å²) in [6, 6.07) is 7.92. The smallest absolute Gasteiger partial charge is 0.146 e. The van der Waals surface area contributed by atoms with Gasteiger partial charge in [0.1, 0.15) is 12.2 Å². The fourth-order valence-electron chi connectivity index (χ4n) is 2.09. The lowest BCUT2D eigenvalue weighted by Gasteiger charge is -2.07. The SMILES string of the molecule is c1cn(-c2ccc(-n3cnnn3)cc2)c(-c2cnsc2)n1. The predicted octanol–water partition coefficient (Wildman–Crippen LogP) is 1.97. The Bertz CT molecular complexity index is 831. The third-order valence-corrected chi connectivity index (χ3v) is 3.66. The minimum Gasteiger partial charge on any atom is -0.300 e. The zero-order chi connectivity index (χ0) is 14.1. The van der Waals surface area contributed by atoms with Crippen molar-refractivity contribution in [2.45, 2.75) is 0 Å². The van der Waals surface area contributed by atoms with Crippen molar-refractivity contribution in [2.75, 3.05) is 0 Å². The predicted molar refractivity (Wildman–Crippen MR) is 77.4 cm³/mol. The van der Waals surface area contributed by atoms with Crippen LogP contribution in [0.15, 0.2) is 54.6 Å². The Morgan fingerprint density at radius 3 is 2.62 bits per heavy atom. The molecule has 8 heteroatoms. The highest BCUT2D eigenvalue weighted by Gasteiger charge is 2.09. The van der Waals surface area contributed by atoms with Crippen molar-refractivity contribution < 1.29 is 0 Å². The van der Waals surface area contributed by atoms with Gasteiger partial charge in [-0.3, -0.25) is 4.57 Å². The molecule has 102 valence electrons. The summed E-state index contributed by atoms with van der Waals surface area (Å²) in [5.74, 6) is 0.874. The molecule has 0 bridgehead atoms. The molecule has 0 saturated heterocycles. The maximum Gasteiger partial charge on any atom is 0.146 e. The standard InChI is InChI=1S/C13H9N7S/c1-3-12(20-9-15-17-18-20)4-2-11(1)19-6-5-14-13(19)10-7-16-21-8-10/h1-9H. The van der Waals surface area contributed by atoms with Crippen molar-refractivity contribution in [3.05, 3.63) is 54.6 Å². The van der Waals surface area contributed by atoms with Gasteiger partial charge in [-0.2, -0.15) is 0 Å². The number of tetrazole rings is 1. The lowest BCUT2D eigenvalue weighted by Crippen LogP contribution is -1.98. The lowest BCUT2D eigenvalue weighted by atomic mass is 10.2. The normalized spacial score (nSPS) is 10.9. The van der Waals surface area contributed by atoms with E-state index in [2.05, 4.69) is 24.9 Å². The van der Waals surface area contributed by atoms with E-state index in [0.29, 0.717) is 0 Å². The van der Waals surface area contributed by atoms with Crippen molar-refractivity contribution >= 4 is 11.5 Å². The Morgan fingerprint density at radius 1 is 1.05 bits per heavy atom. The molecule has 3 aromatic heterocycles. The number of benzene rings is 1. The molecule has 0 radical (unpaired) electrons. The molecule has 0 aliphatic rings. The summed E-state index contributed by atoms with van der Waals surface area (Å²) in [5.41, 5.74) is 2.93. The summed E-state index contributed by atoms with van der Waals surface area (Å²) in [6.45, 7) is 0. The van der Waals surface area contributed by atoms with Gasteiger partial charge in [0.15, 0.2) is 0 Å². The zero-order valence-corrected chi connectivity index (χ0v) is 11.6. The van der Waals surface area contributed by atoms with Crippen LogP contribution in [0, 0.1) is 0 Å². The van der Waals surface area contributed by atoms with E-state index in [1.807, 2.05) is 46.6 Å². The van der Waals surface area contributed by atoms with E-state index in [0.717, 1.165) is 22.8 Å². The highest BCUT2D eigenvalue weighted by atomic mass is 32.1. The van der Waals surface area contributed by atoms with E-state index >= 15 is 0 Å². The maximum absolute atomic E-state index is 4.40. The molecule has 7 nitrogen and oxygen atoms in total. The van der Waals surface area contributed by atoms with Crippen LogP contribution in [0.2, 0.25) is 0 Å². The summed E-state index contributed by atoms with van der Waals surface area (Å²) in [4.78, 5) is 4.40. The fraction of sp³-hybridized carbons (Fsp3) is 0. The van der Waals surface area contributed by atoms with Gasteiger partial charge in [0, 0.05) is 29.0 Å². The summed E-state index contributed by atoms with van der Waals surface area (Å²) in [5, 5.41) is 13.1. The van der Waals surface area contributed by atoms with Crippen LogP contribution in [0.4, 0.5) is 0 Å². The second kappa shape index (κ2) is 4.91. The third kappa shape index (κ3) is 2.11. The van der Waals surface area contributed by atoms with Crippen molar-refractivity contribution in [1.29, 1.82) is 0 Å². The first-order valence-electron chi connectivity index (χ1n) is 6.19.